The van der Waals surface area contributed by atoms with E-state index in [2.05, 4.69) is 15.5 Å². The van der Waals surface area contributed by atoms with Gasteiger partial charge in [-0.2, -0.15) is 0 Å². The monoisotopic (exact) mass is 267 g/mol. The predicted molar refractivity (Wildman–Crippen MR) is 63.0 cm³/mol. The number of carbonyl (C=O) groups is 1. The molecule has 8 heteroatoms. The fraction of sp³-hybridized carbons (Fsp3) is 0.200. The Bertz CT molecular complexity index is 556. The van der Waals surface area contributed by atoms with E-state index in [1.807, 2.05) is 0 Å². The fourth-order valence-corrected chi connectivity index (χ4v) is 2.25. The molecular weight excluding hydrogens is 257 g/mol. The van der Waals surface area contributed by atoms with Gasteiger partial charge in [0.2, 0.25) is 11.1 Å². The summed E-state index contributed by atoms with van der Waals surface area (Å²) in [4.78, 5) is 11.5. The number of primary amides is 1. The van der Waals surface area contributed by atoms with E-state index in [0.29, 0.717) is 10.7 Å². The van der Waals surface area contributed by atoms with Crippen molar-refractivity contribution >= 4 is 17.7 Å². The minimum atomic E-state index is -0.657. The lowest BCUT2D eigenvalue weighted by molar-refractivity contribution is -0.117. The van der Waals surface area contributed by atoms with E-state index in [1.165, 1.54) is 28.9 Å². The number of aryl methyl sites for hydroxylation is 1. The Balaban J connectivity index is 2.27. The van der Waals surface area contributed by atoms with Gasteiger partial charge in [-0.15, -0.1) is 5.10 Å². The molecule has 0 aliphatic heterocycles. The quantitative estimate of drug-likeness (QED) is 0.823. The zero-order valence-corrected chi connectivity index (χ0v) is 10.3. The van der Waals surface area contributed by atoms with Gasteiger partial charge >= 0.3 is 0 Å². The SMILES string of the molecule is Cn1nnnc1SC(C(N)=O)c1ccc(F)cc1. The van der Waals surface area contributed by atoms with Crippen molar-refractivity contribution in [3.63, 3.8) is 0 Å². The van der Waals surface area contributed by atoms with Crippen LogP contribution in [-0.4, -0.2) is 26.1 Å². The van der Waals surface area contributed by atoms with Crippen molar-refractivity contribution in [2.75, 3.05) is 0 Å². The third-order valence-electron chi connectivity index (χ3n) is 2.24. The van der Waals surface area contributed by atoms with Gasteiger partial charge in [0.15, 0.2) is 0 Å². The number of benzene rings is 1. The molecule has 2 aromatic rings. The summed E-state index contributed by atoms with van der Waals surface area (Å²) >= 11 is 1.12. The van der Waals surface area contributed by atoms with Crippen LogP contribution in [-0.2, 0) is 11.8 Å². The third kappa shape index (κ3) is 2.65. The van der Waals surface area contributed by atoms with E-state index in [0.717, 1.165) is 11.8 Å². The van der Waals surface area contributed by atoms with Gasteiger partial charge in [0.25, 0.3) is 0 Å². The Hall–Kier alpha value is -1.96. The molecule has 0 aliphatic rings. The highest BCUT2D eigenvalue weighted by Gasteiger charge is 2.22. The molecule has 6 nitrogen and oxygen atoms in total. The van der Waals surface area contributed by atoms with Gasteiger partial charge in [0.1, 0.15) is 11.1 Å². The van der Waals surface area contributed by atoms with Crippen LogP contribution in [0, 0.1) is 5.82 Å². The van der Waals surface area contributed by atoms with E-state index in [1.54, 1.807) is 7.05 Å². The Morgan fingerprint density at radius 3 is 2.61 bits per heavy atom. The molecule has 2 N–H and O–H groups in total. The number of nitrogens with zero attached hydrogens (tertiary/aromatic N) is 4. The summed E-state index contributed by atoms with van der Waals surface area (Å²) in [5.74, 6) is -0.901. The number of hydrogen-bond acceptors (Lipinski definition) is 5. The molecule has 0 saturated heterocycles. The van der Waals surface area contributed by atoms with Crippen LogP contribution < -0.4 is 5.73 Å². The van der Waals surface area contributed by atoms with Gasteiger partial charge in [-0.3, -0.25) is 4.79 Å². The van der Waals surface area contributed by atoms with Gasteiger partial charge in [0, 0.05) is 7.05 Å². The van der Waals surface area contributed by atoms with Crippen molar-refractivity contribution in [1.29, 1.82) is 0 Å². The van der Waals surface area contributed by atoms with Crippen LogP contribution in [0.1, 0.15) is 10.8 Å². The molecule has 0 fully saturated rings. The highest BCUT2D eigenvalue weighted by molar-refractivity contribution is 8.00. The van der Waals surface area contributed by atoms with Gasteiger partial charge < -0.3 is 5.73 Å². The number of tetrazole rings is 1. The van der Waals surface area contributed by atoms with Gasteiger partial charge in [0.05, 0.1) is 0 Å². The maximum absolute atomic E-state index is 12.8. The van der Waals surface area contributed by atoms with Crippen molar-refractivity contribution in [3.05, 3.63) is 35.6 Å². The largest absolute Gasteiger partial charge is 0.368 e. The zero-order valence-electron chi connectivity index (χ0n) is 9.45. The van der Waals surface area contributed by atoms with E-state index in [-0.39, 0.29) is 5.82 Å². The van der Waals surface area contributed by atoms with Crippen molar-refractivity contribution in [2.24, 2.45) is 12.8 Å². The molecule has 0 bridgehead atoms. The number of aromatic nitrogens is 4. The zero-order chi connectivity index (χ0) is 13.1. The Morgan fingerprint density at radius 1 is 1.44 bits per heavy atom. The number of halogens is 1. The smallest absolute Gasteiger partial charge is 0.235 e. The first-order valence-corrected chi connectivity index (χ1v) is 5.89. The minimum Gasteiger partial charge on any atom is -0.368 e. The molecule has 1 amide bonds. The molecule has 1 aromatic carbocycles. The Labute approximate surface area is 106 Å². The summed E-state index contributed by atoms with van der Waals surface area (Å²) in [6.45, 7) is 0. The predicted octanol–water partition coefficient (Wildman–Crippen LogP) is 0.668. The lowest BCUT2D eigenvalue weighted by Gasteiger charge is -2.11. The molecule has 1 unspecified atom stereocenters. The van der Waals surface area contributed by atoms with Crippen LogP contribution in [0.4, 0.5) is 4.39 Å². The minimum absolute atomic E-state index is 0.368. The number of carbonyl (C=O) groups excluding carboxylic acids is 1. The molecular formula is C10H10FN5OS. The van der Waals surface area contributed by atoms with Gasteiger partial charge in [-0.25, -0.2) is 9.07 Å². The summed E-state index contributed by atoms with van der Waals surface area (Å²) in [7, 11) is 1.66. The molecule has 1 atom stereocenters. The van der Waals surface area contributed by atoms with E-state index in [4.69, 9.17) is 5.73 Å². The molecule has 0 saturated carbocycles. The Morgan fingerprint density at radius 2 is 2.11 bits per heavy atom. The van der Waals surface area contributed by atoms with E-state index in [9.17, 15) is 9.18 Å². The lowest BCUT2D eigenvalue weighted by atomic mass is 10.1. The first-order valence-electron chi connectivity index (χ1n) is 5.01. The Kier molecular flexibility index (Phi) is 3.56. The standard InChI is InChI=1S/C10H10FN5OS/c1-16-10(13-14-15-16)18-8(9(12)17)6-2-4-7(11)5-3-6/h2-5,8H,1H3,(H2,12,17). The topological polar surface area (TPSA) is 86.7 Å². The molecule has 0 aliphatic carbocycles. The van der Waals surface area contributed by atoms with Crippen molar-refractivity contribution in [1.82, 2.24) is 20.2 Å². The second kappa shape index (κ2) is 5.13. The van der Waals surface area contributed by atoms with Crippen LogP contribution in [0.2, 0.25) is 0 Å². The maximum Gasteiger partial charge on any atom is 0.235 e. The van der Waals surface area contributed by atoms with Crippen molar-refractivity contribution in [2.45, 2.75) is 10.4 Å². The molecule has 18 heavy (non-hydrogen) atoms. The molecule has 1 aromatic heterocycles. The van der Waals surface area contributed by atoms with Crippen molar-refractivity contribution in [3.8, 4) is 0 Å². The first-order chi connectivity index (χ1) is 8.58. The molecule has 1 heterocycles. The second-order valence-corrected chi connectivity index (χ2v) is 4.61. The summed E-state index contributed by atoms with van der Waals surface area (Å²) in [6.07, 6.45) is 0. The number of rotatable bonds is 4. The molecule has 0 spiro atoms. The molecule has 2 rings (SSSR count). The van der Waals surface area contributed by atoms with Crippen LogP contribution >= 0.6 is 11.8 Å². The lowest BCUT2D eigenvalue weighted by Crippen LogP contribution is -2.19. The van der Waals surface area contributed by atoms with Crippen molar-refractivity contribution < 1.29 is 9.18 Å². The fourth-order valence-electron chi connectivity index (χ4n) is 1.35. The second-order valence-electron chi connectivity index (χ2n) is 3.54. The number of amides is 1. The highest BCUT2D eigenvalue weighted by Crippen LogP contribution is 2.33. The molecule has 0 radical (unpaired) electrons. The average Bonchev–Trinajstić information content (AvgIpc) is 2.73. The van der Waals surface area contributed by atoms with Crippen LogP contribution in [0.25, 0.3) is 0 Å². The average molecular weight is 267 g/mol. The van der Waals surface area contributed by atoms with Crippen LogP contribution in [0.3, 0.4) is 0 Å². The third-order valence-corrected chi connectivity index (χ3v) is 3.53. The summed E-state index contributed by atoms with van der Waals surface area (Å²) in [5, 5.41) is 10.7. The number of nitrogens with two attached hydrogens (primary N) is 1. The van der Waals surface area contributed by atoms with Gasteiger partial charge in [-0.1, -0.05) is 23.9 Å². The van der Waals surface area contributed by atoms with Gasteiger partial charge in [-0.05, 0) is 28.1 Å². The first kappa shape index (κ1) is 12.5. The summed E-state index contributed by atoms with van der Waals surface area (Å²) in [5.41, 5.74) is 5.95. The van der Waals surface area contributed by atoms with E-state index < -0.39 is 11.2 Å². The number of hydrogen-bond donors (Lipinski definition) is 1. The highest BCUT2D eigenvalue weighted by atomic mass is 32.2. The number of thioether (sulfide) groups is 1. The maximum atomic E-state index is 12.8. The van der Waals surface area contributed by atoms with Crippen LogP contribution in [0.5, 0.6) is 0 Å². The summed E-state index contributed by atoms with van der Waals surface area (Å²) in [6, 6.07) is 5.59. The normalized spacial score (nSPS) is 12.3. The molecule has 94 valence electrons. The summed E-state index contributed by atoms with van der Waals surface area (Å²) < 4.78 is 14.3. The van der Waals surface area contributed by atoms with E-state index >= 15 is 0 Å². The van der Waals surface area contributed by atoms with Crippen LogP contribution in [0.15, 0.2) is 29.4 Å².